The van der Waals surface area contributed by atoms with E-state index >= 15 is 0 Å². The number of halogens is 1. The van der Waals surface area contributed by atoms with E-state index in [0.29, 0.717) is 18.2 Å². The Balaban J connectivity index is 1.85. The van der Waals surface area contributed by atoms with Crippen molar-refractivity contribution in [1.82, 2.24) is 15.2 Å². The number of hydrogen-bond acceptors (Lipinski definition) is 5. The minimum atomic E-state index is -0.349. The van der Waals surface area contributed by atoms with Crippen LogP contribution in [0.25, 0.3) is 0 Å². The number of guanidine groups is 1. The molecule has 0 radical (unpaired) electrons. The second kappa shape index (κ2) is 9.98. The zero-order valence-electron chi connectivity index (χ0n) is 15.8. The summed E-state index contributed by atoms with van der Waals surface area (Å²) in [5, 5.41) is 8.60. The smallest absolute Gasteiger partial charge is 0.243 e. The van der Waals surface area contributed by atoms with Crippen LogP contribution in [0.4, 0.5) is 10.1 Å². The van der Waals surface area contributed by atoms with Gasteiger partial charge in [0.2, 0.25) is 5.91 Å². The van der Waals surface area contributed by atoms with Gasteiger partial charge in [-0.05, 0) is 31.2 Å². The highest BCUT2D eigenvalue weighted by Crippen LogP contribution is 2.20. The lowest BCUT2D eigenvalue weighted by Gasteiger charge is -2.21. The first-order valence-electron chi connectivity index (χ1n) is 8.37. The van der Waals surface area contributed by atoms with Crippen LogP contribution in [0.2, 0.25) is 0 Å². The van der Waals surface area contributed by atoms with Crippen molar-refractivity contribution in [3.8, 4) is 0 Å². The number of anilines is 1. The molecule has 9 heteroatoms. The molecule has 0 aliphatic heterocycles. The normalized spacial score (nSPS) is 12.6. The van der Waals surface area contributed by atoms with Gasteiger partial charge in [-0.2, -0.15) is 0 Å². The van der Waals surface area contributed by atoms with Crippen molar-refractivity contribution in [1.29, 1.82) is 0 Å². The highest BCUT2D eigenvalue weighted by atomic mass is 32.1. The molecule has 0 saturated carbocycles. The lowest BCUT2D eigenvalue weighted by Crippen LogP contribution is -2.42. The number of nitrogens with zero attached hydrogens (tertiary/aromatic N) is 3. The Kier molecular flexibility index (Phi) is 7.68. The zero-order valence-corrected chi connectivity index (χ0v) is 16.6. The Bertz CT molecular complexity index is 778. The van der Waals surface area contributed by atoms with Gasteiger partial charge in [0, 0.05) is 32.3 Å². The number of rotatable bonds is 7. The third kappa shape index (κ3) is 6.30. The molecule has 1 aromatic carbocycles. The third-order valence-corrected chi connectivity index (χ3v) is 4.83. The highest BCUT2D eigenvalue weighted by molar-refractivity contribution is 7.09. The summed E-state index contributed by atoms with van der Waals surface area (Å²) >= 11 is 1.55. The quantitative estimate of drug-likeness (QED) is 0.559. The molecule has 0 spiro atoms. The van der Waals surface area contributed by atoms with Gasteiger partial charge in [0.25, 0.3) is 0 Å². The summed E-state index contributed by atoms with van der Waals surface area (Å²) in [4.78, 5) is 22.7. The number of hydrogen-bond donors (Lipinski definition) is 2. The fourth-order valence-electron chi connectivity index (χ4n) is 2.28. The largest absolute Gasteiger partial charge is 0.375 e. The zero-order chi connectivity index (χ0) is 19.8. The number of thiazole rings is 1. The van der Waals surface area contributed by atoms with E-state index in [1.54, 1.807) is 25.5 Å². The number of aromatic nitrogens is 1. The van der Waals surface area contributed by atoms with Crippen LogP contribution in [0.15, 0.2) is 34.6 Å². The summed E-state index contributed by atoms with van der Waals surface area (Å²) in [5.41, 5.74) is 1.44. The molecule has 0 bridgehead atoms. The van der Waals surface area contributed by atoms with Crippen LogP contribution in [0.5, 0.6) is 0 Å². The Labute approximate surface area is 162 Å². The van der Waals surface area contributed by atoms with Crippen LogP contribution >= 0.6 is 11.3 Å². The van der Waals surface area contributed by atoms with Crippen LogP contribution in [-0.2, 0) is 16.1 Å². The Morgan fingerprint density at radius 2 is 2.11 bits per heavy atom. The molecule has 0 saturated heterocycles. The van der Waals surface area contributed by atoms with Crippen molar-refractivity contribution in [3.63, 3.8) is 0 Å². The maximum absolute atomic E-state index is 12.9. The minimum Gasteiger partial charge on any atom is -0.375 e. The molecule has 1 heterocycles. The van der Waals surface area contributed by atoms with E-state index in [9.17, 15) is 9.18 Å². The molecule has 2 N–H and O–H groups in total. The average molecular weight is 393 g/mol. The van der Waals surface area contributed by atoms with Crippen molar-refractivity contribution in [2.24, 2.45) is 4.99 Å². The van der Waals surface area contributed by atoms with E-state index < -0.39 is 0 Å². The van der Waals surface area contributed by atoms with Gasteiger partial charge in [-0.3, -0.25) is 9.79 Å². The van der Waals surface area contributed by atoms with Crippen LogP contribution in [0.3, 0.4) is 0 Å². The van der Waals surface area contributed by atoms with E-state index in [1.807, 2.05) is 24.3 Å². The molecule has 1 amide bonds. The van der Waals surface area contributed by atoms with Crippen molar-refractivity contribution < 1.29 is 13.9 Å². The van der Waals surface area contributed by atoms with E-state index in [0.717, 1.165) is 10.7 Å². The standard InChI is InChI=1S/C18H24FN5O2S/c1-12(26-4)17-23-15(11-27-17)10-24(3)18(20-2)21-9-16(25)22-14-7-5-13(19)6-8-14/h5-8,11-12H,9-10H2,1-4H3,(H,20,21)(H,22,25). The number of nitrogens with one attached hydrogen (secondary N) is 2. The molecule has 0 aliphatic rings. The second-order valence-corrected chi connectivity index (χ2v) is 6.76. The lowest BCUT2D eigenvalue weighted by atomic mass is 10.3. The summed E-state index contributed by atoms with van der Waals surface area (Å²) in [6, 6.07) is 5.61. The number of aliphatic imine (C=N–C) groups is 1. The van der Waals surface area contributed by atoms with Crippen LogP contribution in [0.1, 0.15) is 23.7 Å². The summed E-state index contributed by atoms with van der Waals surface area (Å²) in [5.74, 6) is -0.0298. The highest BCUT2D eigenvalue weighted by Gasteiger charge is 2.13. The first kappa shape index (κ1) is 20.8. The minimum absolute atomic E-state index is 0.0391. The van der Waals surface area contributed by atoms with Crippen LogP contribution < -0.4 is 10.6 Å². The van der Waals surface area contributed by atoms with Crippen molar-refractivity contribution in [2.45, 2.75) is 19.6 Å². The number of benzene rings is 1. The number of methoxy groups -OCH3 is 1. The third-order valence-electron chi connectivity index (χ3n) is 3.78. The Morgan fingerprint density at radius 1 is 1.41 bits per heavy atom. The van der Waals surface area contributed by atoms with Gasteiger partial charge in [-0.1, -0.05) is 0 Å². The van der Waals surface area contributed by atoms with E-state index in [-0.39, 0.29) is 24.4 Å². The van der Waals surface area contributed by atoms with E-state index in [4.69, 9.17) is 4.74 Å². The molecule has 27 heavy (non-hydrogen) atoms. The Hall–Kier alpha value is -2.52. The molecular weight excluding hydrogens is 369 g/mol. The first-order valence-corrected chi connectivity index (χ1v) is 9.25. The lowest BCUT2D eigenvalue weighted by molar-refractivity contribution is -0.115. The van der Waals surface area contributed by atoms with E-state index in [1.165, 1.54) is 24.3 Å². The molecule has 2 aromatic rings. The summed E-state index contributed by atoms with van der Waals surface area (Å²) in [7, 11) is 5.17. The van der Waals surface area contributed by atoms with Gasteiger partial charge in [0.1, 0.15) is 16.9 Å². The van der Waals surface area contributed by atoms with Gasteiger partial charge in [-0.25, -0.2) is 9.37 Å². The molecule has 1 unspecified atom stereocenters. The van der Waals surface area contributed by atoms with Crippen molar-refractivity contribution >= 4 is 28.9 Å². The molecular formula is C18H24FN5O2S. The van der Waals surface area contributed by atoms with Crippen molar-refractivity contribution in [2.75, 3.05) is 33.1 Å². The van der Waals surface area contributed by atoms with Crippen LogP contribution in [0, 0.1) is 5.82 Å². The summed E-state index contributed by atoms with van der Waals surface area (Å²) in [6.45, 7) is 2.54. The first-order chi connectivity index (χ1) is 12.9. The maximum atomic E-state index is 12.9. The maximum Gasteiger partial charge on any atom is 0.243 e. The van der Waals surface area contributed by atoms with Gasteiger partial charge in [0.15, 0.2) is 5.96 Å². The van der Waals surface area contributed by atoms with Gasteiger partial charge < -0.3 is 20.3 Å². The fraction of sp³-hybridized carbons (Fsp3) is 0.389. The van der Waals surface area contributed by atoms with Crippen LogP contribution in [-0.4, -0.2) is 49.5 Å². The topological polar surface area (TPSA) is 78.9 Å². The summed E-state index contributed by atoms with van der Waals surface area (Å²) in [6.07, 6.45) is -0.0401. The van der Waals surface area contributed by atoms with Gasteiger partial charge in [-0.15, -0.1) is 11.3 Å². The molecule has 7 nitrogen and oxygen atoms in total. The molecule has 146 valence electrons. The number of amides is 1. The number of carbonyl (C=O) groups excluding carboxylic acids is 1. The number of ether oxygens (including phenoxy) is 1. The average Bonchev–Trinajstić information content (AvgIpc) is 3.12. The predicted octanol–water partition coefficient (Wildman–Crippen LogP) is 2.64. The fourth-order valence-corrected chi connectivity index (χ4v) is 3.12. The second-order valence-electron chi connectivity index (χ2n) is 5.87. The predicted molar refractivity (Wildman–Crippen MR) is 105 cm³/mol. The van der Waals surface area contributed by atoms with E-state index in [2.05, 4.69) is 20.6 Å². The molecule has 0 aliphatic carbocycles. The molecule has 1 aromatic heterocycles. The Morgan fingerprint density at radius 3 is 2.74 bits per heavy atom. The molecule has 1 atom stereocenters. The van der Waals surface area contributed by atoms with Gasteiger partial charge >= 0.3 is 0 Å². The van der Waals surface area contributed by atoms with Crippen molar-refractivity contribution in [3.05, 3.63) is 46.2 Å². The molecule has 2 rings (SSSR count). The van der Waals surface area contributed by atoms with Gasteiger partial charge in [0.05, 0.1) is 18.8 Å². The SMILES string of the molecule is CN=C(NCC(=O)Nc1ccc(F)cc1)N(C)Cc1csc(C(C)OC)n1. The summed E-state index contributed by atoms with van der Waals surface area (Å²) < 4.78 is 18.2. The molecule has 0 fully saturated rings. The monoisotopic (exact) mass is 393 g/mol. The number of carbonyl (C=O) groups is 1.